The Kier molecular flexibility index (Phi) is 4.65. The molecule has 18 heavy (non-hydrogen) atoms. The number of nitrogens with one attached hydrogen (secondary N) is 2. The van der Waals surface area contributed by atoms with Crippen molar-refractivity contribution in [2.75, 3.05) is 11.9 Å². The third kappa shape index (κ3) is 3.44. The van der Waals surface area contributed by atoms with Crippen molar-refractivity contribution < 1.29 is 9.72 Å². The van der Waals surface area contributed by atoms with E-state index in [0.29, 0.717) is 17.8 Å². The summed E-state index contributed by atoms with van der Waals surface area (Å²) in [6.45, 7) is 6.20. The van der Waals surface area contributed by atoms with Crippen molar-refractivity contribution in [3.63, 3.8) is 0 Å². The highest BCUT2D eigenvalue weighted by Gasteiger charge is 2.16. The van der Waals surface area contributed by atoms with E-state index in [1.54, 1.807) is 6.07 Å². The largest absolute Gasteiger partial charge is 0.385 e. The van der Waals surface area contributed by atoms with Crippen LogP contribution in [0.5, 0.6) is 0 Å². The smallest absolute Gasteiger partial charge is 0.270 e. The van der Waals surface area contributed by atoms with Gasteiger partial charge >= 0.3 is 0 Å². The molecule has 0 aliphatic heterocycles. The third-order valence-electron chi connectivity index (χ3n) is 2.25. The van der Waals surface area contributed by atoms with Crippen molar-refractivity contribution in [1.82, 2.24) is 5.32 Å². The van der Waals surface area contributed by atoms with Gasteiger partial charge < -0.3 is 10.6 Å². The molecule has 0 spiro atoms. The Morgan fingerprint density at radius 2 is 2.11 bits per heavy atom. The number of hydrogen-bond donors (Lipinski definition) is 2. The Morgan fingerprint density at radius 3 is 2.61 bits per heavy atom. The minimum atomic E-state index is -0.512. The molecule has 0 unspecified atom stereocenters. The Labute approximate surface area is 106 Å². The summed E-state index contributed by atoms with van der Waals surface area (Å²) in [7, 11) is 0. The van der Waals surface area contributed by atoms with Crippen molar-refractivity contribution in [2.24, 2.45) is 0 Å². The standard InChI is InChI=1S/C12H17N3O3/c1-4-13-11-6-5-9(15(17)18)7-10(11)12(16)14-8(2)3/h5-8,13H,4H2,1-3H3,(H,14,16). The van der Waals surface area contributed by atoms with E-state index in [1.165, 1.54) is 12.1 Å². The molecular formula is C12H17N3O3. The molecule has 0 bridgehead atoms. The first kappa shape index (κ1) is 14.0. The topological polar surface area (TPSA) is 84.3 Å². The molecule has 0 atom stereocenters. The summed E-state index contributed by atoms with van der Waals surface area (Å²) in [6, 6.07) is 4.20. The summed E-state index contributed by atoms with van der Waals surface area (Å²) in [5.74, 6) is -0.315. The Hall–Kier alpha value is -2.11. The first-order chi connectivity index (χ1) is 8.45. The van der Waals surface area contributed by atoms with Crippen LogP contribution >= 0.6 is 0 Å². The van der Waals surface area contributed by atoms with E-state index in [2.05, 4.69) is 10.6 Å². The van der Waals surface area contributed by atoms with E-state index >= 15 is 0 Å². The maximum absolute atomic E-state index is 12.0. The molecule has 6 nitrogen and oxygen atoms in total. The quantitative estimate of drug-likeness (QED) is 0.620. The molecule has 98 valence electrons. The highest BCUT2D eigenvalue weighted by molar-refractivity contribution is 6.00. The van der Waals surface area contributed by atoms with Gasteiger partial charge in [-0.25, -0.2) is 0 Å². The minimum Gasteiger partial charge on any atom is -0.385 e. The van der Waals surface area contributed by atoms with Crippen LogP contribution in [0.4, 0.5) is 11.4 Å². The SMILES string of the molecule is CCNc1ccc([N+](=O)[O-])cc1C(=O)NC(C)C. The fourth-order valence-electron chi connectivity index (χ4n) is 1.52. The van der Waals surface area contributed by atoms with Crippen molar-refractivity contribution in [1.29, 1.82) is 0 Å². The second-order valence-corrected chi connectivity index (χ2v) is 4.15. The zero-order chi connectivity index (χ0) is 13.7. The second kappa shape index (κ2) is 6.00. The molecule has 0 saturated heterocycles. The molecule has 0 aliphatic rings. The molecule has 0 saturated carbocycles. The molecule has 2 N–H and O–H groups in total. The number of amides is 1. The van der Waals surface area contributed by atoms with Crippen molar-refractivity contribution in [2.45, 2.75) is 26.8 Å². The summed E-state index contributed by atoms with van der Waals surface area (Å²) in [6.07, 6.45) is 0. The van der Waals surface area contributed by atoms with Gasteiger partial charge in [0.05, 0.1) is 10.5 Å². The van der Waals surface area contributed by atoms with Crippen LogP contribution in [0.25, 0.3) is 0 Å². The predicted octanol–water partition coefficient (Wildman–Crippen LogP) is 2.16. The van der Waals surface area contributed by atoms with Crippen LogP contribution < -0.4 is 10.6 Å². The number of non-ortho nitro benzene ring substituents is 1. The Bertz CT molecular complexity index is 458. The van der Waals surface area contributed by atoms with Crippen LogP contribution in [0.15, 0.2) is 18.2 Å². The van der Waals surface area contributed by atoms with E-state index in [9.17, 15) is 14.9 Å². The number of nitrogens with zero attached hydrogens (tertiary/aromatic N) is 1. The number of anilines is 1. The number of carbonyl (C=O) groups is 1. The molecule has 1 aromatic carbocycles. The molecule has 1 amide bonds. The highest BCUT2D eigenvalue weighted by atomic mass is 16.6. The van der Waals surface area contributed by atoms with Crippen LogP contribution in [0.3, 0.4) is 0 Å². The van der Waals surface area contributed by atoms with Gasteiger partial charge in [0.1, 0.15) is 0 Å². The van der Waals surface area contributed by atoms with Gasteiger partial charge in [-0.3, -0.25) is 14.9 Å². The van der Waals surface area contributed by atoms with Gasteiger partial charge in [0.15, 0.2) is 0 Å². The lowest BCUT2D eigenvalue weighted by Gasteiger charge is -2.12. The average molecular weight is 251 g/mol. The Balaban J connectivity index is 3.14. The fourth-order valence-corrected chi connectivity index (χ4v) is 1.52. The van der Waals surface area contributed by atoms with Crippen molar-refractivity contribution >= 4 is 17.3 Å². The third-order valence-corrected chi connectivity index (χ3v) is 2.25. The lowest BCUT2D eigenvalue weighted by atomic mass is 10.1. The van der Waals surface area contributed by atoms with Gasteiger partial charge in [0.2, 0.25) is 0 Å². The van der Waals surface area contributed by atoms with Gasteiger partial charge in [-0.05, 0) is 26.8 Å². The van der Waals surface area contributed by atoms with E-state index in [1.807, 2.05) is 20.8 Å². The van der Waals surface area contributed by atoms with E-state index in [4.69, 9.17) is 0 Å². The van der Waals surface area contributed by atoms with Gasteiger partial charge in [-0.15, -0.1) is 0 Å². The first-order valence-electron chi connectivity index (χ1n) is 5.78. The van der Waals surface area contributed by atoms with Crippen LogP contribution in [0.1, 0.15) is 31.1 Å². The maximum Gasteiger partial charge on any atom is 0.270 e. The van der Waals surface area contributed by atoms with Crippen LogP contribution in [-0.2, 0) is 0 Å². The Morgan fingerprint density at radius 1 is 1.44 bits per heavy atom. The van der Waals surface area contributed by atoms with Crippen LogP contribution in [0, 0.1) is 10.1 Å². The molecule has 1 rings (SSSR count). The molecule has 0 fully saturated rings. The molecule has 0 aliphatic carbocycles. The predicted molar refractivity (Wildman–Crippen MR) is 69.9 cm³/mol. The summed E-state index contributed by atoms with van der Waals surface area (Å²) in [4.78, 5) is 22.2. The summed E-state index contributed by atoms with van der Waals surface area (Å²) < 4.78 is 0. The average Bonchev–Trinajstić information content (AvgIpc) is 2.28. The summed E-state index contributed by atoms with van der Waals surface area (Å²) in [5.41, 5.74) is 0.798. The number of nitro benzene ring substituents is 1. The number of rotatable bonds is 5. The van der Waals surface area contributed by atoms with Gasteiger partial charge in [-0.1, -0.05) is 0 Å². The molecule has 6 heteroatoms. The zero-order valence-electron chi connectivity index (χ0n) is 10.7. The second-order valence-electron chi connectivity index (χ2n) is 4.15. The number of nitro groups is 1. The zero-order valence-corrected chi connectivity index (χ0v) is 10.7. The van der Waals surface area contributed by atoms with E-state index in [0.717, 1.165) is 0 Å². The molecular weight excluding hydrogens is 234 g/mol. The normalized spacial score (nSPS) is 10.2. The lowest BCUT2D eigenvalue weighted by molar-refractivity contribution is -0.384. The molecule has 0 heterocycles. The lowest BCUT2D eigenvalue weighted by Crippen LogP contribution is -2.30. The molecule has 0 aromatic heterocycles. The molecule has 0 radical (unpaired) electrons. The van der Waals surface area contributed by atoms with Crippen LogP contribution in [-0.4, -0.2) is 23.4 Å². The molecule has 1 aromatic rings. The van der Waals surface area contributed by atoms with E-state index < -0.39 is 4.92 Å². The summed E-state index contributed by atoms with van der Waals surface area (Å²) in [5, 5.41) is 16.5. The van der Waals surface area contributed by atoms with E-state index in [-0.39, 0.29) is 17.6 Å². The highest BCUT2D eigenvalue weighted by Crippen LogP contribution is 2.22. The summed E-state index contributed by atoms with van der Waals surface area (Å²) >= 11 is 0. The fraction of sp³-hybridized carbons (Fsp3) is 0.417. The number of carbonyl (C=O) groups excluding carboxylic acids is 1. The number of benzene rings is 1. The van der Waals surface area contributed by atoms with Gasteiger partial charge in [0.25, 0.3) is 11.6 Å². The minimum absolute atomic E-state index is 0.0220. The first-order valence-corrected chi connectivity index (χ1v) is 5.78. The van der Waals surface area contributed by atoms with Crippen LogP contribution in [0.2, 0.25) is 0 Å². The van der Waals surface area contributed by atoms with Gasteiger partial charge in [-0.2, -0.15) is 0 Å². The van der Waals surface area contributed by atoms with Gasteiger partial charge in [0, 0.05) is 30.4 Å². The van der Waals surface area contributed by atoms with Crippen molar-refractivity contribution in [3.05, 3.63) is 33.9 Å². The maximum atomic E-state index is 12.0. The number of hydrogen-bond acceptors (Lipinski definition) is 4. The monoisotopic (exact) mass is 251 g/mol. The van der Waals surface area contributed by atoms with Crippen molar-refractivity contribution in [3.8, 4) is 0 Å².